The molecule has 3 aromatic rings. The van der Waals surface area contributed by atoms with Crippen molar-refractivity contribution in [2.24, 2.45) is 0 Å². The van der Waals surface area contributed by atoms with Crippen LogP contribution in [0.3, 0.4) is 0 Å². The SMILES string of the molecule is Cc1nc2c(c(=O)n1CC(=O)N1CCc3ccccc3C1)CCN(Cc1ccccc1)C2. The van der Waals surface area contributed by atoms with Crippen molar-refractivity contribution in [1.82, 2.24) is 19.4 Å². The van der Waals surface area contributed by atoms with E-state index in [0.29, 0.717) is 31.9 Å². The van der Waals surface area contributed by atoms with Gasteiger partial charge in [0, 0.05) is 38.3 Å². The molecule has 164 valence electrons. The third kappa shape index (κ3) is 4.10. The molecule has 0 atom stereocenters. The number of benzene rings is 2. The number of hydrogen-bond acceptors (Lipinski definition) is 4. The summed E-state index contributed by atoms with van der Waals surface area (Å²) in [5.74, 6) is 0.592. The van der Waals surface area contributed by atoms with Crippen molar-refractivity contribution in [1.29, 1.82) is 0 Å². The van der Waals surface area contributed by atoms with Crippen molar-refractivity contribution in [3.63, 3.8) is 0 Å². The van der Waals surface area contributed by atoms with Gasteiger partial charge in [-0.2, -0.15) is 0 Å². The second-order valence-corrected chi connectivity index (χ2v) is 8.76. The smallest absolute Gasteiger partial charge is 0.257 e. The normalized spacial score (nSPS) is 15.8. The van der Waals surface area contributed by atoms with Crippen molar-refractivity contribution in [3.05, 3.63) is 98.7 Å². The molecule has 0 N–H and O–H groups in total. The second-order valence-electron chi connectivity index (χ2n) is 8.76. The highest BCUT2D eigenvalue weighted by Crippen LogP contribution is 2.20. The molecule has 2 aliphatic heterocycles. The van der Waals surface area contributed by atoms with Crippen LogP contribution in [0.15, 0.2) is 59.4 Å². The summed E-state index contributed by atoms with van der Waals surface area (Å²) >= 11 is 0. The van der Waals surface area contributed by atoms with Gasteiger partial charge in [-0.25, -0.2) is 4.98 Å². The molecule has 0 saturated carbocycles. The average molecular weight is 429 g/mol. The molecule has 0 aliphatic carbocycles. The lowest BCUT2D eigenvalue weighted by Crippen LogP contribution is -2.42. The van der Waals surface area contributed by atoms with Gasteiger partial charge in [-0.3, -0.25) is 19.1 Å². The summed E-state index contributed by atoms with van der Waals surface area (Å²) in [7, 11) is 0. The molecule has 0 bridgehead atoms. The second kappa shape index (κ2) is 8.71. The first-order valence-corrected chi connectivity index (χ1v) is 11.3. The van der Waals surface area contributed by atoms with Crippen LogP contribution in [0.2, 0.25) is 0 Å². The van der Waals surface area contributed by atoms with Gasteiger partial charge in [-0.1, -0.05) is 54.6 Å². The van der Waals surface area contributed by atoms with Crippen molar-refractivity contribution >= 4 is 5.91 Å². The quantitative estimate of drug-likeness (QED) is 0.641. The Kier molecular flexibility index (Phi) is 5.62. The van der Waals surface area contributed by atoms with Crippen molar-refractivity contribution in [3.8, 4) is 0 Å². The Morgan fingerprint density at radius 2 is 1.69 bits per heavy atom. The van der Waals surface area contributed by atoms with Gasteiger partial charge in [-0.15, -0.1) is 0 Å². The lowest BCUT2D eigenvalue weighted by atomic mass is 10.00. The Morgan fingerprint density at radius 3 is 2.50 bits per heavy atom. The molecule has 0 saturated heterocycles. The standard InChI is InChI=1S/C26H28N4O2/c1-19-27-24-17-28(15-20-7-3-2-4-8-20)13-12-23(24)26(32)30(19)18-25(31)29-14-11-21-9-5-6-10-22(21)16-29/h2-10H,11-18H2,1H3. The monoisotopic (exact) mass is 428 g/mol. The molecule has 0 radical (unpaired) electrons. The maximum atomic E-state index is 13.2. The molecule has 0 spiro atoms. The van der Waals surface area contributed by atoms with Gasteiger partial charge in [0.05, 0.1) is 5.69 Å². The maximum absolute atomic E-state index is 13.2. The molecule has 6 heteroatoms. The van der Waals surface area contributed by atoms with Gasteiger partial charge in [0.25, 0.3) is 5.56 Å². The van der Waals surface area contributed by atoms with E-state index in [-0.39, 0.29) is 18.0 Å². The molecule has 2 aromatic carbocycles. The lowest BCUT2D eigenvalue weighted by molar-refractivity contribution is -0.132. The first kappa shape index (κ1) is 20.6. The summed E-state index contributed by atoms with van der Waals surface area (Å²) in [6.45, 7) is 5.51. The Bertz CT molecular complexity index is 1200. The Labute approximate surface area is 188 Å². The zero-order chi connectivity index (χ0) is 22.1. The lowest BCUT2D eigenvalue weighted by Gasteiger charge is -2.30. The number of carbonyl (C=O) groups is 1. The van der Waals surface area contributed by atoms with Crippen molar-refractivity contribution < 1.29 is 4.79 Å². The molecule has 1 aromatic heterocycles. The van der Waals surface area contributed by atoms with Gasteiger partial charge in [-0.05, 0) is 36.5 Å². The van der Waals surface area contributed by atoms with Gasteiger partial charge in [0.2, 0.25) is 5.91 Å². The van der Waals surface area contributed by atoms with E-state index in [2.05, 4.69) is 29.2 Å². The van der Waals surface area contributed by atoms with Gasteiger partial charge in [0.15, 0.2) is 0 Å². The number of hydrogen-bond donors (Lipinski definition) is 0. The van der Waals surface area contributed by atoms with Crippen molar-refractivity contribution in [2.45, 2.75) is 45.9 Å². The Morgan fingerprint density at radius 1 is 0.938 bits per heavy atom. The third-order valence-electron chi connectivity index (χ3n) is 6.62. The number of aromatic nitrogens is 2. The van der Waals surface area contributed by atoms with Gasteiger partial charge >= 0.3 is 0 Å². The summed E-state index contributed by atoms with van der Waals surface area (Å²) in [5, 5.41) is 0. The van der Waals surface area contributed by atoms with E-state index in [1.54, 1.807) is 4.57 Å². The fourth-order valence-corrected chi connectivity index (χ4v) is 4.81. The third-order valence-corrected chi connectivity index (χ3v) is 6.62. The number of nitrogens with zero attached hydrogens (tertiary/aromatic N) is 4. The molecular formula is C26H28N4O2. The molecular weight excluding hydrogens is 400 g/mol. The number of amides is 1. The van der Waals surface area contributed by atoms with E-state index in [9.17, 15) is 9.59 Å². The molecule has 32 heavy (non-hydrogen) atoms. The fraction of sp³-hybridized carbons (Fsp3) is 0.346. The largest absolute Gasteiger partial charge is 0.336 e. The Hall–Kier alpha value is -3.25. The van der Waals surface area contributed by atoms with E-state index >= 15 is 0 Å². The van der Waals surface area contributed by atoms with Crippen LogP contribution in [-0.4, -0.2) is 38.3 Å². The van der Waals surface area contributed by atoms with Crippen molar-refractivity contribution in [2.75, 3.05) is 13.1 Å². The molecule has 0 unspecified atom stereocenters. The summed E-state index contributed by atoms with van der Waals surface area (Å²) in [4.78, 5) is 35.2. The highest BCUT2D eigenvalue weighted by molar-refractivity contribution is 5.76. The van der Waals surface area contributed by atoms with Crippen LogP contribution in [-0.2, 0) is 43.8 Å². The van der Waals surface area contributed by atoms with Crippen LogP contribution >= 0.6 is 0 Å². The van der Waals surface area contributed by atoms with E-state index in [1.165, 1.54) is 16.7 Å². The van der Waals surface area contributed by atoms with Gasteiger partial charge < -0.3 is 4.90 Å². The first-order valence-electron chi connectivity index (χ1n) is 11.3. The summed E-state index contributed by atoms with van der Waals surface area (Å²) < 4.78 is 1.56. The highest BCUT2D eigenvalue weighted by Gasteiger charge is 2.25. The highest BCUT2D eigenvalue weighted by atomic mass is 16.2. The minimum absolute atomic E-state index is 0.0204. The molecule has 1 amide bonds. The van der Waals surface area contributed by atoms with E-state index < -0.39 is 0 Å². The molecule has 3 heterocycles. The Balaban J connectivity index is 1.31. The molecule has 5 rings (SSSR count). The fourth-order valence-electron chi connectivity index (χ4n) is 4.81. The number of fused-ring (bicyclic) bond motifs is 2. The van der Waals surface area contributed by atoms with Crippen LogP contribution in [0, 0.1) is 6.92 Å². The van der Waals surface area contributed by atoms with E-state index in [1.807, 2.05) is 42.2 Å². The zero-order valence-corrected chi connectivity index (χ0v) is 18.5. The number of carbonyl (C=O) groups excluding carboxylic acids is 1. The summed E-state index contributed by atoms with van der Waals surface area (Å²) in [6, 6.07) is 18.6. The van der Waals surface area contributed by atoms with E-state index in [0.717, 1.165) is 30.8 Å². The van der Waals surface area contributed by atoms with Crippen LogP contribution < -0.4 is 5.56 Å². The molecule has 6 nitrogen and oxygen atoms in total. The van der Waals surface area contributed by atoms with Crippen LogP contribution in [0.25, 0.3) is 0 Å². The van der Waals surface area contributed by atoms with Crippen LogP contribution in [0.4, 0.5) is 0 Å². The zero-order valence-electron chi connectivity index (χ0n) is 18.5. The predicted octanol–water partition coefficient (Wildman–Crippen LogP) is 2.69. The molecule has 0 fully saturated rings. The van der Waals surface area contributed by atoms with Crippen LogP contribution in [0.5, 0.6) is 0 Å². The molecule has 2 aliphatic rings. The minimum atomic E-state index is -0.0578. The predicted molar refractivity (Wildman–Crippen MR) is 123 cm³/mol. The van der Waals surface area contributed by atoms with E-state index in [4.69, 9.17) is 4.98 Å². The number of aryl methyl sites for hydroxylation is 1. The van der Waals surface area contributed by atoms with Gasteiger partial charge in [0.1, 0.15) is 12.4 Å². The summed E-state index contributed by atoms with van der Waals surface area (Å²) in [6.07, 6.45) is 1.52. The first-order chi connectivity index (χ1) is 15.6. The van der Waals surface area contributed by atoms with Crippen LogP contribution in [0.1, 0.15) is 33.8 Å². The minimum Gasteiger partial charge on any atom is -0.336 e. The average Bonchev–Trinajstić information content (AvgIpc) is 2.82. The topological polar surface area (TPSA) is 58.4 Å². The maximum Gasteiger partial charge on any atom is 0.257 e. The number of rotatable bonds is 4. The summed E-state index contributed by atoms with van der Waals surface area (Å²) in [5.41, 5.74) is 5.31.